The van der Waals surface area contributed by atoms with Crippen LogP contribution in [0.3, 0.4) is 0 Å². The van der Waals surface area contributed by atoms with E-state index in [1.54, 1.807) is 16.3 Å². The van der Waals surface area contributed by atoms with Crippen LogP contribution in [0.25, 0.3) is 0 Å². The summed E-state index contributed by atoms with van der Waals surface area (Å²) in [5.74, 6) is -71.6. The second-order valence-corrected chi connectivity index (χ2v) is 13.3. The lowest BCUT2D eigenvalue weighted by Gasteiger charge is -2.44. The number of carbonyl (C=O) groups is 1. The highest BCUT2D eigenvalue weighted by Gasteiger charge is 2.52. The molecule has 5 aromatic carbocycles. The average molecular weight is 951 g/mol. The van der Waals surface area contributed by atoms with Crippen LogP contribution in [0.5, 0.6) is 0 Å². The summed E-state index contributed by atoms with van der Waals surface area (Å²) in [5, 5.41) is 1.82. The molecule has 0 amide bonds. The zero-order valence-electron chi connectivity index (χ0n) is 29.3. The Morgan fingerprint density at radius 3 is 0.905 bits per heavy atom. The summed E-state index contributed by atoms with van der Waals surface area (Å²) >= 11 is 1.44. The summed E-state index contributed by atoms with van der Waals surface area (Å²) in [6.07, 6.45) is -9.85. The van der Waals surface area contributed by atoms with E-state index in [1.807, 2.05) is 5.38 Å². The van der Waals surface area contributed by atoms with Crippen LogP contribution in [-0.2, 0) is 12.7 Å². The molecule has 27 heteroatoms. The first-order chi connectivity index (χ1) is 29.2. The molecule has 0 saturated heterocycles. The van der Waals surface area contributed by atoms with Crippen LogP contribution in [0.2, 0.25) is 0 Å². The minimum atomic E-state index is -7.22. The van der Waals surface area contributed by atoms with Gasteiger partial charge in [-0.1, -0.05) is 23.5 Å². The van der Waals surface area contributed by atoms with Gasteiger partial charge in [-0.2, -0.15) is 17.7 Å². The zero-order valence-corrected chi connectivity index (χ0v) is 30.1. The molecule has 334 valence electrons. The van der Waals surface area contributed by atoms with Crippen molar-refractivity contribution in [2.45, 2.75) is 12.7 Å². The molecule has 6 rings (SSSR count). The van der Waals surface area contributed by atoms with E-state index in [1.165, 1.54) is 23.5 Å². The number of benzene rings is 5. The number of hydrogen-bond donors (Lipinski definition) is 0. The number of halogens is 23. The monoisotopic (exact) mass is 951 g/mol. The van der Waals surface area contributed by atoms with Gasteiger partial charge in [0.1, 0.15) is 52.7 Å². The Bertz CT molecular complexity index is 2430. The molecular formula is C36H9BF23NOS. The maximum absolute atomic E-state index is 15.4. The van der Waals surface area contributed by atoms with Crippen molar-refractivity contribution in [3.05, 3.63) is 169 Å². The number of nitrogens with zero attached hydrogens (tertiary/aromatic N) is 1. The lowest BCUT2D eigenvalue weighted by atomic mass is 9.12. The molecule has 63 heavy (non-hydrogen) atoms. The van der Waals surface area contributed by atoms with Gasteiger partial charge in [0.25, 0.3) is 0 Å². The summed E-state index contributed by atoms with van der Waals surface area (Å²) in [6, 6.07) is 4.26. The molecule has 0 fully saturated rings. The molecule has 6 aromatic rings. The molecule has 0 spiro atoms. The Balaban J connectivity index is 0.000000345. The van der Waals surface area contributed by atoms with Gasteiger partial charge in [0.05, 0.1) is 10.9 Å². The third-order valence-electron chi connectivity index (χ3n) is 9.09. The van der Waals surface area contributed by atoms with Gasteiger partial charge in [0.15, 0.2) is 76.0 Å². The number of Topliss-reactive ketones (excluding diaryl/α,β-unsaturated/α-hetero) is 1. The summed E-state index contributed by atoms with van der Waals surface area (Å²) < 4.78 is 333. The number of carbonyl (C=O) groups excluding carboxylic acids is 1. The molecule has 1 aromatic heterocycles. The summed E-state index contributed by atoms with van der Waals surface area (Å²) in [7, 11) is 0. The SMILES string of the molecule is Fc1c(F)c(F)c([B-](c2c(F)c(F)c(F)c(F)c2F)(c2c(F)c(F)c(F)c(F)c2F)c2c(F)c(F)c(F)c(F)c2F)c(F)c1F.O=C(C[n+]1ccsc1)c1ccc(C(F)(F)F)cc1. The first-order valence-corrected chi connectivity index (χ1v) is 17.0. The highest BCUT2D eigenvalue weighted by Crippen LogP contribution is 2.32. The smallest absolute Gasteiger partial charge is 0.287 e. The molecule has 0 aliphatic heterocycles. The quantitative estimate of drug-likeness (QED) is 0.0392. The number of thiazole rings is 1. The van der Waals surface area contributed by atoms with E-state index in [0.29, 0.717) is 0 Å². The highest BCUT2D eigenvalue weighted by molar-refractivity contribution is 7.20. The van der Waals surface area contributed by atoms with Crippen LogP contribution in [0, 0.1) is 116 Å². The third kappa shape index (κ3) is 7.72. The minimum Gasteiger partial charge on any atom is -0.287 e. The van der Waals surface area contributed by atoms with Crippen LogP contribution < -0.4 is 26.4 Å². The van der Waals surface area contributed by atoms with E-state index in [9.17, 15) is 70.7 Å². The number of rotatable bonds is 7. The molecule has 0 atom stereocenters. The summed E-state index contributed by atoms with van der Waals surface area (Å²) in [5.41, 5.74) is -13.0. The maximum Gasteiger partial charge on any atom is 0.416 e. The first-order valence-electron chi connectivity index (χ1n) is 16.0. The number of ketones is 1. The van der Waals surface area contributed by atoms with Gasteiger partial charge in [-0.05, 0) is 12.1 Å². The van der Waals surface area contributed by atoms with Gasteiger partial charge >= 0.3 is 6.18 Å². The van der Waals surface area contributed by atoms with E-state index < -0.39 is 156 Å². The number of hydrogen-bond acceptors (Lipinski definition) is 2. The standard InChI is InChI=1S/C24BF20.C12H9F3NOS/c26-5-1(6(27)14(35)21(42)13(5)34)25(2-7(28)15(36)22(43)16(37)8(2)29,3-9(30)17(38)23(44)18(39)10(3)31)4-11(32)19(40)24(45)20(41)12(4)33;13-12(14,15)10-3-1-9(2-4-10)11(17)7-16-5-6-18-8-16/h;1-6,8H,7H2/q-1;+1. The fourth-order valence-corrected chi connectivity index (χ4v) is 6.93. The normalized spacial score (nSPS) is 11.9. The largest absolute Gasteiger partial charge is 0.416 e. The fraction of sp³-hybridized carbons (Fsp3) is 0.0556. The molecule has 0 radical (unpaired) electrons. The first kappa shape index (κ1) is 47.9. The van der Waals surface area contributed by atoms with E-state index in [2.05, 4.69) is 0 Å². The second kappa shape index (κ2) is 17.2. The second-order valence-electron chi connectivity index (χ2n) is 12.5. The van der Waals surface area contributed by atoms with Crippen molar-refractivity contribution in [3.63, 3.8) is 0 Å². The topological polar surface area (TPSA) is 20.9 Å². The van der Waals surface area contributed by atoms with Crippen LogP contribution in [0.4, 0.5) is 101 Å². The van der Waals surface area contributed by atoms with Gasteiger partial charge in [-0.25, -0.2) is 87.8 Å². The van der Waals surface area contributed by atoms with Gasteiger partial charge < -0.3 is 0 Å². The van der Waals surface area contributed by atoms with Gasteiger partial charge in [-0.3, -0.25) is 4.79 Å². The lowest BCUT2D eigenvalue weighted by Crippen LogP contribution is -2.81. The molecule has 0 aliphatic rings. The highest BCUT2D eigenvalue weighted by atomic mass is 32.1. The number of alkyl halides is 3. The molecule has 2 nitrogen and oxygen atoms in total. The summed E-state index contributed by atoms with van der Waals surface area (Å²) in [4.78, 5) is 11.8. The van der Waals surface area contributed by atoms with Crippen molar-refractivity contribution in [2.75, 3.05) is 0 Å². The maximum atomic E-state index is 15.4. The van der Waals surface area contributed by atoms with Crippen molar-refractivity contribution in [1.82, 2.24) is 0 Å². The van der Waals surface area contributed by atoms with E-state index in [4.69, 9.17) is 0 Å². The molecule has 1 heterocycles. The minimum absolute atomic E-state index is 0.134. The van der Waals surface area contributed by atoms with Crippen molar-refractivity contribution >= 4 is 45.1 Å². The van der Waals surface area contributed by atoms with Crippen molar-refractivity contribution < 1.29 is 110 Å². The van der Waals surface area contributed by atoms with Crippen LogP contribution in [0.15, 0.2) is 41.4 Å². The Morgan fingerprint density at radius 1 is 0.429 bits per heavy atom. The van der Waals surface area contributed by atoms with Crippen molar-refractivity contribution in [3.8, 4) is 0 Å². The van der Waals surface area contributed by atoms with Gasteiger partial charge in [0.2, 0.25) is 17.8 Å². The fourth-order valence-electron chi connectivity index (χ4n) is 6.33. The molecule has 0 saturated carbocycles. The van der Waals surface area contributed by atoms with Gasteiger partial charge in [0, 0.05) is 5.56 Å². The molecule has 0 bridgehead atoms. The Morgan fingerprint density at radius 2 is 0.683 bits per heavy atom. The van der Waals surface area contributed by atoms with Crippen LogP contribution in [-0.4, -0.2) is 11.9 Å². The molecule has 0 N–H and O–H groups in total. The van der Waals surface area contributed by atoms with E-state index in [0.717, 1.165) is 12.1 Å². The average Bonchev–Trinajstić information content (AvgIpc) is 3.76. The predicted octanol–water partition coefficient (Wildman–Crippen LogP) is 8.78. The Kier molecular flexibility index (Phi) is 13.1. The van der Waals surface area contributed by atoms with Crippen LogP contribution >= 0.6 is 11.3 Å². The van der Waals surface area contributed by atoms with E-state index in [-0.39, 0.29) is 17.9 Å². The molecule has 0 unspecified atom stereocenters. The number of aromatic nitrogens is 1. The Labute approximate surface area is 337 Å². The Hall–Kier alpha value is -6.15. The summed E-state index contributed by atoms with van der Waals surface area (Å²) in [6.45, 7) is 0.134. The van der Waals surface area contributed by atoms with Crippen molar-refractivity contribution in [2.24, 2.45) is 0 Å². The predicted molar refractivity (Wildman–Crippen MR) is 170 cm³/mol. The molecular weight excluding hydrogens is 942 g/mol. The van der Waals surface area contributed by atoms with Crippen molar-refractivity contribution in [1.29, 1.82) is 0 Å². The zero-order chi connectivity index (χ0) is 47.5. The van der Waals surface area contributed by atoms with E-state index >= 15 is 35.1 Å². The molecule has 0 aliphatic carbocycles. The van der Waals surface area contributed by atoms with Gasteiger partial charge in [-0.15, -0.1) is 21.9 Å². The third-order valence-corrected chi connectivity index (χ3v) is 9.77. The lowest BCUT2D eigenvalue weighted by molar-refractivity contribution is -0.678. The van der Waals surface area contributed by atoms with Crippen LogP contribution in [0.1, 0.15) is 15.9 Å².